The average molecular weight is 233 g/mol. The van der Waals surface area contributed by atoms with Crippen LogP contribution in [0, 0.1) is 6.92 Å². The summed E-state index contributed by atoms with van der Waals surface area (Å²) in [4.78, 5) is 7.14. The van der Waals surface area contributed by atoms with Gasteiger partial charge in [0, 0.05) is 24.8 Å². The maximum Gasteiger partial charge on any atom is 0.129 e. The molecule has 1 aliphatic heterocycles. The molecule has 1 N–H and O–H groups in total. The van der Waals surface area contributed by atoms with E-state index in [9.17, 15) is 0 Å². The number of hydrogen-bond acceptors (Lipinski definition) is 3. The van der Waals surface area contributed by atoms with Crippen molar-refractivity contribution in [1.82, 2.24) is 10.3 Å². The van der Waals surface area contributed by atoms with Crippen LogP contribution in [0.15, 0.2) is 12.1 Å². The van der Waals surface area contributed by atoms with Crippen LogP contribution in [0.5, 0.6) is 0 Å². The number of anilines is 1. The normalized spacial score (nSPS) is 20.6. The van der Waals surface area contributed by atoms with Gasteiger partial charge in [-0.2, -0.15) is 0 Å². The molecule has 0 amide bonds. The van der Waals surface area contributed by atoms with Crippen LogP contribution in [0.3, 0.4) is 0 Å². The number of rotatable bonds is 3. The smallest absolute Gasteiger partial charge is 0.129 e. The minimum atomic E-state index is 0.625. The maximum absolute atomic E-state index is 4.69. The molecule has 1 aromatic rings. The minimum absolute atomic E-state index is 0.625. The topological polar surface area (TPSA) is 28.2 Å². The minimum Gasteiger partial charge on any atom is -0.354 e. The Morgan fingerprint density at radius 1 is 1.41 bits per heavy atom. The Balaban J connectivity index is 2.24. The molecule has 1 fully saturated rings. The summed E-state index contributed by atoms with van der Waals surface area (Å²) in [6.45, 7) is 6.45. The lowest BCUT2D eigenvalue weighted by atomic mass is 10.0. The van der Waals surface area contributed by atoms with Crippen molar-refractivity contribution in [3.63, 3.8) is 0 Å². The molecule has 1 saturated heterocycles. The SMILES string of the molecule is CNCc1cc(C)nc(N2CCCCC2C)c1. The Kier molecular flexibility index (Phi) is 4.00. The van der Waals surface area contributed by atoms with Gasteiger partial charge in [-0.15, -0.1) is 0 Å². The van der Waals surface area contributed by atoms with Crippen molar-refractivity contribution in [2.45, 2.75) is 45.7 Å². The third-order valence-electron chi connectivity index (χ3n) is 3.48. The van der Waals surface area contributed by atoms with E-state index in [4.69, 9.17) is 0 Å². The van der Waals surface area contributed by atoms with Gasteiger partial charge in [0.1, 0.15) is 5.82 Å². The molecular formula is C14H23N3. The van der Waals surface area contributed by atoms with Gasteiger partial charge < -0.3 is 10.2 Å². The summed E-state index contributed by atoms with van der Waals surface area (Å²) < 4.78 is 0. The molecular weight excluding hydrogens is 210 g/mol. The van der Waals surface area contributed by atoms with Crippen LogP contribution in [-0.4, -0.2) is 24.6 Å². The number of hydrogen-bond donors (Lipinski definition) is 1. The summed E-state index contributed by atoms with van der Waals surface area (Å²) >= 11 is 0. The van der Waals surface area contributed by atoms with E-state index in [2.05, 4.69) is 41.2 Å². The number of nitrogens with zero attached hydrogens (tertiary/aromatic N) is 2. The van der Waals surface area contributed by atoms with E-state index in [0.29, 0.717) is 6.04 Å². The second-order valence-corrected chi connectivity index (χ2v) is 5.04. The molecule has 1 aromatic heterocycles. The summed E-state index contributed by atoms with van der Waals surface area (Å²) in [5, 5.41) is 3.21. The van der Waals surface area contributed by atoms with Crippen LogP contribution in [0.25, 0.3) is 0 Å². The van der Waals surface area contributed by atoms with Crippen molar-refractivity contribution in [2.75, 3.05) is 18.5 Å². The van der Waals surface area contributed by atoms with Gasteiger partial charge in [0.05, 0.1) is 0 Å². The predicted octanol–water partition coefficient (Wildman–Crippen LogP) is 2.49. The molecule has 1 atom stereocenters. The first-order valence-corrected chi connectivity index (χ1v) is 6.59. The Bertz CT molecular complexity index is 376. The fourth-order valence-corrected chi connectivity index (χ4v) is 2.61. The first-order chi connectivity index (χ1) is 8.20. The molecule has 3 nitrogen and oxygen atoms in total. The maximum atomic E-state index is 4.69. The summed E-state index contributed by atoms with van der Waals surface area (Å²) in [7, 11) is 1.99. The van der Waals surface area contributed by atoms with Crippen molar-refractivity contribution in [1.29, 1.82) is 0 Å². The molecule has 0 bridgehead atoms. The Hall–Kier alpha value is -1.09. The molecule has 1 unspecified atom stereocenters. The Morgan fingerprint density at radius 2 is 2.24 bits per heavy atom. The summed E-state index contributed by atoms with van der Waals surface area (Å²) in [6, 6.07) is 5.01. The molecule has 17 heavy (non-hydrogen) atoms. The highest BCUT2D eigenvalue weighted by Gasteiger charge is 2.19. The van der Waals surface area contributed by atoms with Gasteiger partial charge >= 0.3 is 0 Å². The number of nitrogens with one attached hydrogen (secondary N) is 1. The van der Waals surface area contributed by atoms with Crippen molar-refractivity contribution in [3.05, 3.63) is 23.4 Å². The summed E-state index contributed by atoms with van der Waals surface area (Å²) in [5.74, 6) is 1.16. The molecule has 0 saturated carbocycles. The molecule has 94 valence electrons. The fraction of sp³-hybridized carbons (Fsp3) is 0.643. The Morgan fingerprint density at radius 3 is 2.94 bits per heavy atom. The molecule has 0 radical (unpaired) electrons. The highest BCUT2D eigenvalue weighted by Crippen LogP contribution is 2.24. The molecule has 2 heterocycles. The van der Waals surface area contributed by atoms with E-state index >= 15 is 0 Å². The third kappa shape index (κ3) is 2.97. The first-order valence-electron chi connectivity index (χ1n) is 6.59. The summed E-state index contributed by atoms with van der Waals surface area (Å²) in [6.07, 6.45) is 3.94. The van der Waals surface area contributed by atoms with E-state index in [0.717, 1.165) is 24.6 Å². The second kappa shape index (κ2) is 5.50. The zero-order valence-corrected chi connectivity index (χ0v) is 11.2. The van der Waals surface area contributed by atoms with E-state index in [1.54, 1.807) is 0 Å². The van der Waals surface area contributed by atoms with E-state index in [1.807, 2.05) is 7.05 Å². The van der Waals surface area contributed by atoms with E-state index in [-0.39, 0.29) is 0 Å². The number of pyridine rings is 1. The largest absolute Gasteiger partial charge is 0.354 e. The lowest BCUT2D eigenvalue weighted by molar-refractivity contribution is 0.481. The molecule has 1 aliphatic rings. The highest BCUT2D eigenvalue weighted by molar-refractivity contribution is 5.44. The average Bonchev–Trinajstić information content (AvgIpc) is 2.29. The highest BCUT2D eigenvalue weighted by atomic mass is 15.2. The molecule has 0 aliphatic carbocycles. The monoisotopic (exact) mass is 233 g/mol. The van der Waals surface area contributed by atoms with Crippen molar-refractivity contribution < 1.29 is 0 Å². The van der Waals surface area contributed by atoms with Crippen molar-refractivity contribution >= 4 is 5.82 Å². The zero-order chi connectivity index (χ0) is 12.3. The first kappa shape index (κ1) is 12.4. The molecule has 0 aromatic carbocycles. The van der Waals surface area contributed by atoms with E-state index in [1.165, 1.54) is 24.8 Å². The standard InChI is InChI=1S/C14H23N3/c1-11-8-13(10-15-3)9-14(16-11)17-7-5-4-6-12(17)2/h8-9,12,15H,4-7,10H2,1-3H3. The van der Waals surface area contributed by atoms with Crippen LogP contribution in [0.2, 0.25) is 0 Å². The molecule has 2 rings (SSSR count). The predicted molar refractivity (Wildman–Crippen MR) is 72.4 cm³/mol. The lowest BCUT2D eigenvalue weighted by Crippen LogP contribution is -2.38. The van der Waals surface area contributed by atoms with Crippen LogP contribution in [0.1, 0.15) is 37.4 Å². The van der Waals surface area contributed by atoms with E-state index < -0.39 is 0 Å². The molecule has 3 heteroatoms. The van der Waals surface area contributed by atoms with Crippen LogP contribution < -0.4 is 10.2 Å². The third-order valence-corrected chi connectivity index (χ3v) is 3.48. The summed E-state index contributed by atoms with van der Waals surface area (Å²) in [5.41, 5.74) is 2.44. The zero-order valence-electron chi connectivity index (χ0n) is 11.2. The van der Waals surface area contributed by atoms with Gasteiger partial charge in [0.2, 0.25) is 0 Å². The van der Waals surface area contributed by atoms with Crippen molar-refractivity contribution in [3.8, 4) is 0 Å². The second-order valence-electron chi connectivity index (χ2n) is 5.04. The van der Waals surface area contributed by atoms with Crippen molar-refractivity contribution in [2.24, 2.45) is 0 Å². The molecule has 0 spiro atoms. The van der Waals surface area contributed by atoms with Crippen LogP contribution >= 0.6 is 0 Å². The van der Waals surface area contributed by atoms with Gasteiger partial charge in [-0.25, -0.2) is 4.98 Å². The van der Waals surface area contributed by atoms with Gasteiger partial charge in [-0.1, -0.05) is 0 Å². The van der Waals surface area contributed by atoms with Crippen LogP contribution in [-0.2, 0) is 6.54 Å². The number of piperidine rings is 1. The quantitative estimate of drug-likeness (QED) is 0.869. The fourth-order valence-electron chi connectivity index (χ4n) is 2.61. The van der Waals surface area contributed by atoms with Gasteiger partial charge in [0.15, 0.2) is 0 Å². The van der Waals surface area contributed by atoms with Crippen LogP contribution in [0.4, 0.5) is 5.82 Å². The van der Waals surface area contributed by atoms with Gasteiger partial charge in [0.25, 0.3) is 0 Å². The lowest BCUT2D eigenvalue weighted by Gasteiger charge is -2.34. The van der Waals surface area contributed by atoms with Gasteiger partial charge in [-0.05, 0) is 57.9 Å². The van der Waals surface area contributed by atoms with Gasteiger partial charge in [-0.3, -0.25) is 0 Å². The number of aryl methyl sites for hydroxylation is 1. The number of aromatic nitrogens is 1. The Labute approximate surface area is 104 Å².